The fourth-order valence-electron chi connectivity index (χ4n) is 2.64. The lowest BCUT2D eigenvalue weighted by molar-refractivity contribution is -0.117. The highest BCUT2D eigenvalue weighted by Crippen LogP contribution is 2.06. The van der Waals surface area contributed by atoms with Crippen molar-refractivity contribution in [3.05, 3.63) is 69.9 Å². The Morgan fingerprint density at radius 3 is 2.69 bits per heavy atom. The molecule has 0 fully saturated rings. The van der Waals surface area contributed by atoms with Gasteiger partial charge in [0, 0.05) is 25.0 Å². The van der Waals surface area contributed by atoms with Crippen molar-refractivity contribution < 1.29 is 4.79 Å². The third-order valence-electron chi connectivity index (χ3n) is 3.88. The average molecular weight is 351 g/mol. The average Bonchev–Trinajstić information content (AvgIpc) is 2.57. The molecule has 0 radical (unpaired) electrons. The number of aromatic nitrogens is 3. The molecule has 0 aliphatic carbocycles. The predicted octanol–water partition coefficient (Wildman–Crippen LogP) is 1.78. The Kier molecular flexibility index (Phi) is 5.09. The van der Waals surface area contributed by atoms with Crippen LogP contribution in [0.3, 0.4) is 0 Å². The predicted molar refractivity (Wildman–Crippen MR) is 100 cm³/mol. The van der Waals surface area contributed by atoms with E-state index in [0.29, 0.717) is 23.7 Å². The van der Waals surface area contributed by atoms with Crippen LogP contribution in [-0.2, 0) is 11.3 Å². The van der Waals surface area contributed by atoms with Gasteiger partial charge in [-0.25, -0.2) is 9.97 Å². The fourth-order valence-corrected chi connectivity index (χ4v) is 2.64. The van der Waals surface area contributed by atoms with Crippen molar-refractivity contribution in [1.29, 1.82) is 0 Å². The normalized spacial score (nSPS) is 11.1. The van der Waals surface area contributed by atoms with Crippen molar-refractivity contribution in [1.82, 2.24) is 19.3 Å². The number of pyridine rings is 2. The van der Waals surface area contributed by atoms with Gasteiger partial charge in [0.25, 0.3) is 5.56 Å². The van der Waals surface area contributed by atoms with E-state index in [-0.39, 0.29) is 18.0 Å². The van der Waals surface area contributed by atoms with Gasteiger partial charge < -0.3 is 5.32 Å². The lowest BCUT2D eigenvalue weighted by atomic mass is 10.3. The summed E-state index contributed by atoms with van der Waals surface area (Å²) in [7, 11) is 1.81. The summed E-state index contributed by atoms with van der Waals surface area (Å²) in [6.45, 7) is 4.43. The zero-order valence-corrected chi connectivity index (χ0v) is 15.1. The third-order valence-corrected chi connectivity index (χ3v) is 3.88. The van der Waals surface area contributed by atoms with Gasteiger partial charge >= 0.3 is 0 Å². The minimum Gasteiger partial charge on any atom is -0.310 e. The van der Waals surface area contributed by atoms with Gasteiger partial charge in [0.1, 0.15) is 11.5 Å². The molecule has 26 heavy (non-hydrogen) atoms. The lowest BCUT2D eigenvalue weighted by Gasteiger charge is -2.16. The van der Waals surface area contributed by atoms with E-state index in [2.05, 4.69) is 15.3 Å². The summed E-state index contributed by atoms with van der Waals surface area (Å²) in [6.07, 6.45) is 3.47. The van der Waals surface area contributed by atoms with Crippen LogP contribution in [-0.4, -0.2) is 38.8 Å². The van der Waals surface area contributed by atoms with E-state index in [9.17, 15) is 9.59 Å². The number of rotatable bonds is 5. The van der Waals surface area contributed by atoms with Crippen LogP contribution in [0.5, 0.6) is 0 Å². The molecule has 3 aromatic heterocycles. The van der Waals surface area contributed by atoms with Gasteiger partial charge in [0.2, 0.25) is 5.91 Å². The van der Waals surface area contributed by atoms with Crippen molar-refractivity contribution in [3.63, 3.8) is 0 Å². The van der Waals surface area contributed by atoms with E-state index in [0.717, 1.165) is 11.1 Å². The first-order chi connectivity index (χ1) is 12.4. The minimum atomic E-state index is -0.169. The monoisotopic (exact) mass is 351 g/mol. The number of nitrogens with one attached hydrogen (secondary N) is 1. The number of anilines is 1. The van der Waals surface area contributed by atoms with E-state index < -0.39 is 0 Å². The van der Waals surface area contributed by atoms with Gasteiger partial charge in [-0.3, -0.25) is 18.9 Å². The van der Waals surface area contributed by atoms with E-state index in [1.165, 1.54) is 10.5 Å². The zero-order chi connectivity index (χ0) is 18.7. The molecule has 7 nitrogen and oxygen atoms in total. The molecule has 3 aromatic rings. The van der Waals surface area contributed by atoms with Crippen LogP contribution in [0.4, 0.5) is 5.82 Å². The van der Waals surface area contributed by atoms with Gasteiger partial charge in [-0.1, -0.05) is 12.1 Å². The number of hydrogen-bond acceptors (Lipinski definition) is 5. The number of carbonyl (C=O) groups excluding carboxylic acids is 1. The Morgan fingerprint density at radius 1 is 1.19 bits per heavy atom. The van der Waals surface area contributed by atoms with Crippen LogP contribution in [0, 0.1) is 13.8 Å². The van der Waals surface area contributed by atoms with Gasteiger partial charge in [0.15, 0.2) is 0 Å². The molecule has 0 saturated carbocycles. The molecule has 1 N–H and O–H groups in total. The second-order valence-electron chi connectivity index (χ2n) is 6.46. The molecule has 0 unspecified atom stereocenters. The van der Waals surface area contributed by atoms with Crippen LogP contribution in [0.2, 0.25) is 0 Å². The zero-order valence-electron chi connectivity index (χ0n) is 15.1. The highest BCUT2D eigenvalue weighted by Gasteiger charge is 2.10. The number of fused-ring (bicyclic) bond motifs is 1. The summed E-state index contributed by atoms with van der Waals surface area (Å²) in [5, 5.41) is 2.76. The number of likely N-dealkylation sites (N-methyl/N-ethyl adjacent to an activating group) is 1. The quantitative estimate of drug-likeness (QED) is 0.758. The first-order valence-corrected chi connectivity index (χ1v) is 8.31. The number of carbonyl (C=O) groups is 1. The van der Waals surface area contributed by atoms with E-state index >= 15 is 0 Å². The maximum atomic E-state index is 12.2. The molecule has 0 saturated heterocycles. The summed E-state index contributed by atoms with van der Waals surface area (Å²) >= 11 is 0. The van der Waals surface area contributed by atoms with E-state index in [1.54, 1.807) is 30.4 Å². The molecule has 0 aliphatic rings. The summed E-state index contributed by atoms with van der Waals surface area (Å²) < 4.78 is 1.52. The van der Waals surface area contributed by atoms with Gasteiger partial charge in [-0.2, -0.15) is 0 Å². The molecule has 3 rings (SSSR count). The summed E-state index contributed by atoms with van der Waals surface area (Å²) in [6, 6.07) is 8.89. The van der Waals surface area contributed by atoms with Crippen molar-refractivity contribution in [3.8, 4) is 0 Å². The number of amides is 1. The maximum Gasteiger partial charge on any atom is 0.258 e. The highest BCUT2D eigenvalue weighted by atomic mass is 16.2. The van der Waals surface area contributed by atoms with Gasteiger partial charge in [-0.05, 0) is 44.2 Å². The highest BCUT2D eigenvalue weighted by molar-refractivity contribution is 5.91. The number of hydrogen-bond donors (Lipinski definition) is 1. The SMILES string of the molecule is Cc1ccc(NC(=O)CN(C)Cc2cc(=O)n3cc(C)ccc3n2)nc1. The molecule has 134 valence electrons. The Morgan fingerprint density at radius 2 is 1.96 bits per heavy atom. The van der Waals surface area contributed by atoms with Crippen molar-refractivity contribution in [2.24, 2.45) is 0 Å². The van der Waals surface area contributed by atoms with Crippen LogP contribution in [0.1, 0.15) is 16.8 Å². The number of nitrogens with zero attached hydrogens (tertiary/aromatic N) is 4. The van der Waals surface area contributed by atoms with Gasteiger partial charge in [-0.15, -0.1) is 0 Å². The minimum absolute atomic E-state index is 0.129. The smallest absolute Gasteiger partial charge is 0.258 e. The fraction of sp³-hybridized carbons (Fsp3) is 0.263. The first-order valence-electron chi connectivity index (χ1n) is 8.31. The molecule has 0 spiro atoms. The first kappa shape index (κ1) is 17.8. The summed E-state index contributed by atoms with van der Waals surface area (Å²) in [5.41, 5.74) is 3.12. The van der Waals surface area contributed by atoms with Crippen molar-refractivity contribution in [2.75, 3.05) is 18.9 Å². The van der Waals surface area contributed by atoms with Crippen LogP contribution in [0.25, 0.3) is 5.65 Å². The second kappa shape index (κ2) is 7.45. The lowest BCUT2D eigenvalue weighted by Crippen LogP contribution is -2.31. The van der Waals surface area contributed by atoms with Gasteiger partial charge in [0.05, 0.1) is 12.2 Å². The Bertz CT molecular complexity index is 995. The standard InChI is InChI=1S/C19H21N5O2/c1-13-4-6-16(20-9-13)22-18(25)12-23(3)11-15-8-19(26)24-10-14(2)5-7-17(24)21-15/h4-10H,11-12H2,1-3H3,(H,20,22,25). The Balaban J connectivity index is 1.65. The molecule has 3 heterocycles. The largest absolute Gasteiger partial charge is 0.310 e. The number of aryl methyl sites for hydroxylation is 2. The Labute approximate surface area is 151 Å². The second-order valence-corrected chi connectivity index (χ2v) is 6.46. The van der Waals surface area contributed by atoms with Crippen molar-refractivity contribution >= 4 is 17.4 Å². The van der Waals surface area contributed by atoms with Crippen LogP contribution in [0.15, 0.2) is 47.5 Å². The molecule has 0 atom stereocenters. The Hall–Kier alpha value is -3.06. The van der Waals surface area contributed by atoms with Crippen LogP contribution < -0.4 is 10.9 Å². The molecule has 0 aliphatic heterocycles. The third kappa shape index (κ3) is 4.31. The topological polar surface area (TPSA) is 79.6 Å². The molecule has 1 amide bonds. The molecule has 7 heteroatoms. The molecular weight excluding hydrogens is 330 g/mol. The summed E-state index contributed by atoms with van der Waals surface area (Å²) in [5.74, 6) is 0.350. The molecule has 0 bridgehead atoms. The van der Waals surface area contributed by atoms with Crippen LogP contribution >= 0.6 is 0 Å². The van der Waals surface area contributed by atoms with E-state index in [1.807, 2.05) is 32.0 Å². The maximum absolute atomic E-state index is 12.2. The van der Waals surface area contributed by atoms with E-state index in [4.69, 9.17) is 0 Å². The molecular formula is C19H21N5O2. The van der Waals surface area contributed by atoms with Crippen molar-refractivity contribution in [2.45, 2.75) is 20.4 Å². The molecule has 0 aromatic carbocycles. The summed E-state index contributed by atoms with van der Waals surface area (Å²) in [4.78, 5) is 34.8.